The molecule has 1 saturated heterocycles. The molecule has 106 valence electrons. The number of amides is 2. The standard InChI is InChI=1S/C16H15N3O2/c1-10-7-14(18-9-13(10)17)19-15(20)8-12(16(19)21)11-5-3-2-4-6-11/h2-7,9,12H,8,17H2,1H3. The van der Waals surface area contributed by atoms with Crippen LogP contribution in [0.1, 0.15) is 23.5 Å². The highest BCUT2D eigenvalue weighted by atomic mass is 16.2. The zero-order valence-corrected chi connectivity index (χ0v) is 11.6. The molecular weight excluding hydrogens is 266 g/mol. The molecule has 0 aliphatic carbocycles. The number of carbonyl (C=O) groups is 2. The smallest absolute Gasteiger partial charge is 0.243 e. The fraction of sp³-hybridized carbons (Fsp3) is 0.188. The third kappa shape index (κ3) is 2.27. The Hall–Kier alpha value is -2.69. The van der Waals surface area contributed by atoms with Crippen LogP contribution in [0.15, 0.2) is 42.6 Å². The van der Waals surface area contributed by atoms with E-state index in [1.807, 2.05) is 37.3 Å². The van der Waals surface area contributed by atoms with Crippen molar-refractivity contribution in [3.63, 3.8) is 0 Å². The van der Waals surface area contributed by atoms with Crippen molar-refractivity contribution in [2.45, 2.75) is 19.3 Å². The van der Waals surface area contributed by atoms with E-state index in [0.29, 0.717) is 11.5 Å². The summed E-state index contributed by atoms with van der Waals surface area (Å²) < 4.78 is 0. The molecule has 1 fully saturated rings. The zero-order chi connectivity index (χ0) is 15.0. The molecule has 3 rings (SSSR count). The van der Waals surface area contributed by atoms with Crippen molar-refractivity contribution in [1.29, 1.82) is 0 Å². The van der Waals surface area contributed by atoms with Crippen molar-refractivity contribution in [2.75, 3.05) is 10.6 Å². The molecule has 1 aromatic carbocycles. The number of aryl methyl sites for hydroxylation is 1. The maximum absolute atomic E-state index is 12.5. The molecule has 1 aromatic heterocycles. The largest absolute Gasteiger partial charge is 0.397 e. The van der Waals surface area contributed by atoms with Crippen LogP contribution >= 0.6 is 0 Å². The monoisotopic (exact) mass is 281 g/mol. The number of hydrogen-bond acceptors (Lipinski definition) is 4. The Morgan fingerprint density at radius 1 is 1.24 bits per heavy atom. The Morgan fingerprint density at radius 3 is 2.62 bits per heavy atom. The van der Waals surface area contributed by atoms with Crippen LogP contribution in [0.4, 0.5) is 11.5 Å². The van der Waals surface area contributed by atoms with Gasteiger partial charge >= 0.3 is 0 Å². The Balaban J connectivity index is 1.96. The molecule has 0 bridgehead atoms. The molecule has 2 heterocycles. The van der Waals surface area contributed by atoms with Gasteiger partial charge in [0.2, 0.25) is 11.8 Å². The van der Waals surface area contributed by atoms with E-state index in [-0.39, 0.29) is 18.2 Å². The van der Waals surface area contributed by atoms with Crippen molar-refractivity contribution in [2.24, 2.45) is 0 Å². The number of nitrogens with two attached hydrogens (primary N) is 1. The molecule has 1 atom stereocenters. The van der Waals surface area contributed by atoms with Gasteiger partial charge in [0.05, 0.1) is 17.8 Å². The third-order valence-corrected chi connectivity index (χ3v) is 3.71. The minimum Gasteiger partial charge on any atom is -0.397 e. The van der Waals surface area contributed by atoms with Crippen LogP contribution in [0.2, 0.25) is 0 Å². The van der Waals surface area contributed by atoms with Crippen LogP contribution in [-0.4, -0.2) is 16.8 Å². The highest BCUT2D eigenvalue weighted by Gasteiger charge is 2.40. The molecule has 5 heteroatoms. The summed E-state index contributed by atoms with van der Waals surface area (Å²) in [4.78, 5) is 30.0. The average Bonchev–Trinajstić information content (AvgIpc) is 2.78. The number of nitrogen functional groups attached to an aromatic ring is 1. The van der Waals surface area contributed by atoms with E-state index in [4.69, 9.17) is 5.73 Å². The lowest BCUT2D eigenvalue weighted by Crippen LogP contribution is -2.31. The number of hydrogen-bond donors (Lipinski definition) is 1. The Morgan fingerprint density at radius 2 is 1.95 bits per heavy atom. The lowest BCUT2D eigenvalue weighted by molar-refractivity contribution is -0.121. The first-order valence-corrected chi connectivity index (χ1v) is 6.72. The van der Waals surface area contributed by atoms with Gasteiger partial charge in [-0.05, 0) is 24.1 Å². The Bertz CT molecular complexity index is 713. The number of benzene rings is 1. The molecular formula is C16H15N3O2. The predicted molar refractivity (Wildman–Crippen MR) is 79.7 cm³/mol. The van der Waals surface area contributed by atoms with Crippen molar-refractivity contribution in [3.8, 4) is 0 Å². The van der Waals surface area contributed by atoms with Crippen LogP contribution in [0, 0.1) is 6.92 Å². The van der Waals surface area contributed by atoms with Gasteiger partial charge in [-0.1, -0.05) is 30.3 Å². The molecule has 1 unspecified atom stereocenters. The van der Waals surface area contributed by atoms with Crippen molar-refractivity contribution < 1.29 is 9.59 Å². The lowest BCUT2D eigenvalue weighted by atomic mass is 9.98. The van der Waals surface area contributed by atoms with Crippen LogP contribution in [0.3, 0.4) is 0 Å². The second-order valence-corrected chi connectivity index (χ2v) is 5.13. The highest BCUT2D eigenvalue weighted by molar-refractivity contribution is 6.22. The van der Waals surface area contributed by atoms with E-state index < -0.39 is 5.92 Å². The van der Waals surface area contributed by atoms with Gasteiger partial charge in [0.25, 0.3) is 0 Å². The molecule has 0 radical (unpaired) electrons. The summed E-state index contributed by atoms with van der Waals surface area (Å²) in [5, 5.41) is 0. The summed E-state index contributed by atoms with van der Waals surface area (Å²) in [6.07, 6.45) is 1.65. The minimum absolute atomic E-state index is 0.175. The molecule has 1 aliphatic heterocycles. The Kier molecular flexibility index (Phi) is 3.17. The van der Waals surface area contributed by atoms with E-state index in [2.05, 4.69) is 4.98 Å². The molecule has 0 saturated carbocycles. The van der Waals surface area contributed by atoms with E-state index in [1.165, 1.54) is 6.20 Å². The molecule has 21 heavy (non-hydrogen) atoms. The van der Waals surface area contributed by atoms with Gasteiger partial charge in [-0.3, -0.25) is 9.59 Å². The summed E-state index contributed by atoms with van der Waals surface area (Å²) in [5.74, 6) is -0.554. The first-order chi connectivity index (χ1) is 10.1. The van der Waals surface area contributed by atoms with Gasteiger partial charge in [0.1, 0.15) is 5.82 Å². The number of rotatable bonds is 2. The average molecular weight is 281 g/mol. The van der Waals surface area contributed by atoms with Crippen molar-refractivity contribution in [1.82, 2.24) is 4.98 Å². The molecule has 2 amide bonds. The maximum Gasteiger partial charge on any atom is 0.243 e. The second-order valence-electron chi connectivity index (χ2n) is 5.13. The fourth-order valence-electron chi connectivity index (χ4n) is 2.49. The Labute approximate surface area is 122 Å². The zero-order valence-electron chi connectivity index (χ0n) is 11.6. The molecule has 1 aliphatic rings. The van der Waals surface area contributed by atoms with Crippen molar-refractivity contribution in [3.05, 3.63) is 53.7 Å². The van der Waals surface area contributed by atoms with Gasteiger partial charge in [-0.25, -0.2) is 9.88 Å². The molecule has 2 N–H and O–H groups in total. The molecule has 2 aromatic rings. The van der Waals surface area contributed by atoms with E-state index in [1.54, 1.807) is 6.07 Å². The fourth-order valence-corrected chi connectivity index (χ4v) is 2.49. The highest BCUT2D eigenvalue weighted by Crippen LogP contribution is 2.32. The predicted octanol–water partition coefficient (Wildman–Crippen LogP) is 2.02. The second kappa shape index (κ2) is 5.01. The number of nitrogens with zero attached hydrogens (tertiary/aromatic N) is 2. The molecule has 0 spiro atoms. The minimum atomic E-state index is -0.432. The number of imide groups is 1. The summed E-state index contributed by atoms with van der Waals surface area (Å²) in [5.41, 5.74) is 7.91. The quantitative estimate of drug-likeness (QED) is 0.854. The first kappa shape index (κ1) is 13.3. The van der Waals surface area contributed by atoms with Crippen LogP contribution in [-0.2, 0) is 9.59 Å². The summed E-state index contributed by atoms with van der Waals surface area (Å²) >= 11 is 0. The van der Waals surface area contributed by atoms with Gasteiger partial charge in [0, 0.05) is 6.42 Å². The van der Waals surface area contributed by atoms with Gasteiger partial charge < -0.3 is 5.73 Å². The van der Waals surface area contributed by atoms with Gasteiger partial charge in [-0.2, -0.15) is 0 Å². The third-order valence-electron chi connectivity index (χ3n) is 3.71. The van der Waals surface area contributed by atoms with Gasteiger partial charge in [-0.15, -0.1) is 0 Å². The lowest BCUT2D eigenvalue weighted by Gasteiger charge is -2.15. The topological polar surface area (TPSA) is 76.3 Å². The summed E-state index contributed by atoms with van der Waals surface area (Å²) in [6.45, 7) is 1.82. The van der Waals surface area contributed by atoms with Crippen LogP contribution in [0.5, 0.6) is 0 Å². The number of pyridine rings is 1. The van der Waals surface area contributed by atoms with Crippen molar-refractivity contribution >= 4 is 23.3 Å². The van der Waals surface area contributed by atoms with Crippen LogP contribution in [0.25, 0.3) is 0 Å². The summed E-state index contributed by atoms with van der Waals surface area (Å²) in [6, 6.07) is 11.0. The van der Waals surface area contributed by atoms with Crippen LogP contribution < -0.4 is 10.6 Å². The maximum atomic E-state index is 12.5. The normalized spacial score (nSPS) is 18.3. The summed E-state index contributed by atoms with van der Waals surface area (Å²) in [7, 11) is 0. The van der Waals surface area contributed by atoms with E-state index >= 15 is 0 Å². The number of carbonyl (C=O) groups excluding carboxylic acids is 2. The number of anilines is 2. The van der Waals surface area contributed by atoms with E-state index in [0.717, 1.165) is 16.0 Å². The molecule has 5 nitrogen and oxygen atoms in total. The first-order valence-electron chi connectivity index (χ1n) is 6.72. The SMILES string of the molecule is Cc1cc(N2C(=O)CC(c3ccccc3)C2=O)ncc1N. The number of aromatic nitrogens is 1. The van der Waals surface area contributed by atoms with E-state index in [9.17, 15) is 9.59 Å². The van der Waals surface area contributed by atoms with Gasteiger partial charge in [0.15, 0.2) is 0 Å².